The highest BCUT2D eigenvalue weighted by Crippen LogP contribution is 2.29. The zero-order valence-corrected chi connectivity index (χ0v) is 11.7. The predicted molar refractivity (Wildman–Crippen MR) is 85.8 cm³/mol. The first-order valence-corrected chi connectivity index (χ1v) is 6.73. The summed E-state index contributed by atoms with van der Waals surface area (Å²) in [6.07, 6.45) is 0. The van der Waals surface area contributed by atoms with Crippen molar-refractivity contribution < 1.29 is 14.8 Å². The Labute approximate surface area is 123 Å². The lowest BCUT2D eigenvalue weighted by Crippen LogP contribution is -2.30. The van der Waals surface area contributed by atoms with E-state index in [1.54, 1.807) is 13.2 Å². The third-order valence-corrected chi connectivity index (χ3v) is 3.64. The first-order valence-electron chi connectivity index (χ1n) is 6.73. The van der Waals surface area contributed by atoms with Crippen molar-refractivity contribution in [1.29, 1.82) is 0 Å². The summed E-state index contributed by atoms with van der Waals surface area (Å²) in [7, 11) is 0.168. The monoisotopic (exact) mass is 278 g/mol. The van der Waals surface area contributed by atoms with Gasteiger partial charge in [-0.1, -0.05) is 48.5 Å². The molecule has 0 spiro atoms. The second-order valence-electron chi connectivity index (χ2n) is 4.85. The van der Waals surface area contributed by atoms with Gasteiger partial charge in [0.15, 0.2) is 0 Å². The zero-order chi connectivity index (χ0) is 14.8. The van der Waals surface area contributed by atoms with E-state index >= 15 is 0 Å². The Bertz CT molecular complexity index is 767. The van der Waals surface area contributed by atoms with E-state index in [-0.39, 0.29) is 0 Å². The molecule has 0 amide bonds. The molecule has 0 unspecified atom stereocenters. The van der Waals surface area contributed by atoms with Crippen molar-refractivity contribution >= 4 is 23.4 Å². The lowest BCUT2D eigenvalue weighted by Gasteiger charge is -2.11. The summed E-state index contributed by atoms with van der Waals surface area (Å²) in [6, 6.07) is 19.2. The summed E-state index contributed by atoms with van der Waals surface area (Å²) in [5.41, 5.74) is 2.63. The maximum absolute atomic E-state index is 9.49. The van der Waals surface area contributed by atoms with Crippen molar-refractivity contribution in [3.63, 3.8) is 0 Å². The molecule has 104 valence electrons. The van der Waals surface area contributed by atoms with Crippen molar-refractivity contribution in [1.82, 2.24) is 0 Å². The van der Waals surface area contributed by atoms with Gasteiger partial charge in [-0.15, -0.1) is 0 Å². The van der Waals surface area contributed by atoms with E-state index in [0.29, 0.717) is 5.46 Å². The molecule has 2 N–H and O–H groups in total. The molecular weight excluding hydrogens is 263 g/mol. The first-order chi connectivity index (χ1) is 10.2. The smallest absolute Gasteiger partial charge is 0.489 e. The van der Waals surface area contributed by atoms with Gasteiger partial charge in [0.2, 0.25) is 0 Å². The molecule has 3 nitrogen and oxygen atoms in total. The lowest BCUT2D eigenvalue weighted by molar-refractivity contribution is 0.415. The van der Waals surface area contributed by atoms with Gasteiger partial charge in [0.05, 0.1) is 7.11 Å². The summed E-state index contributed by atoms with van der Waals surface area (Å²) >= 11 is 0. The molecule has 3 aromatic rings. The molecule has 0 saturated carbocycles. The lowest BCUT2D eigenvalue weighted by atomic mass is 9.76. The van der Waals surface area contributed by atoms with E-state index in [9.17, 15) is 10.0 Å². The van der Waals surface area contributed by atoms with Crippen molar-refractivity contribution in [2.45, 2.75) is 0 Å². The van der Waals surface area contributed by atoms with Gasteiger partial charge in [-0.2, -0.15) is 0 Å². The van der Waals surface area contributed by atoms with E-state index in [0.717, 1.165) is 27.6 Å². The minimum absolute atomic E-state index is 0.517. The van der Waals surface area contributed by atoms with E-state index in [2.05, 4.69) is 0 Å². The molecule has 0 heterocycles. The number of rotatable bonds is 3. The Hall–Kier alpha value is -2.30. The SMILES string of the molecule is COc1ccc(-c2ccc(B(O)O)c3ccccc23)cc1. The molecule has 0 atom stereocenters. The fourth-order valence-corrected chi connectivity index (χ4v) is 2.57. The van der Waals surface area contributed by atoms with Gasteiger partial charge in [-0.05, 0) is 39.5 Å². The molecule has 0 saturated heterocycles. The van der Waals surface area contributed by atoms with Gasteiger partial charge in [0, 0.05) is 0 Å². The predicted octanol–water partition coefficient (Wildman–Crippen LogP) is 2.20. The maximum atomic E-state index is 9.49. The maximum Gasteiger partial charge on any atom is 0.489 e. The van der Waals surface area contributed by atoms with Gasteiger partial charge in [-0.25, -0.2) is 0 Å². The van der Waals surface area contributed by atoms with Crippen molar-refractivity contribution in [2.75, 3.05) is 7.11 Å². The van der Waals surface area contributed by atoms with Gasteiger partial charge in [-0.3, -0.25) is 0 Å². The zero-order valence-electron chi connectivity index (χ0n) is 11.7. The Morgan fingerprint density at radius 3 is 2.10 bits per heavy atom. The fourth-order valence-electron chi connectivity index (χ4n) is 2.57. The second kappa shape index (κ2) is 5.60. The van der Waals surface area contributed by atoms with Gasteiger partial charge < -0.3 is 14.8 Å². The van der Waals surface area contributed by atoms with Crippen LogP contribution in [0.15, 0.2) is 60.7 Å². The number of methoxy groups -OCH3 is 1. The second-order valence-corrected chi connectivity index (χ2v) is 4.85. The topological polar surface area (TPSA) is 49.7 Å². The van der Waals surface area contributed by atoms with Crippen LogP contribution in [0.5, 0.6) is 5.75 Å². The molecule has 3 aromatic carbocycles. The molecule has 3 rings (SSSR count). The molecule has 0 bridgehead atoms. The summed E-state index contributed by atoms with van der Waals surface area (Å²) < 4.78 is 5.18. The van der Waals surface area contributed by atoms with Crippen LogP contribution in [0.1, 0.15) is 0 Å². The molecule has 0 aliphatic heterocycles. The Balaban J connectivity index is 2.21. The van der Waals surface area contributed by atoms with Crippen LogP contribution < -0.4 is 10.2 Å². The molecule has 0 fully saturated rings. The van der Waals surface area contributed by atoms with Crippen LogP contribution in [0.4, 0.5) is 0 Å². The molecule has 0 radical (unpaired) electrons. The van der Waals surface area contributed by atoms with E-state index in [1.165, 1.54) is 0 Å². The molecule has 0 aliphatic rings. The highest BCUT2D eigenvalue weighted by atomic mass is 16.5. The van der Waals surface area contributed by atoms with E-state index in [4.69, 9.17) is 4.74 Å². The van der Waals surface area contributed by atoms with E-state index < -0.39 is 7.12 Å². The Kier molecular flexibility index (Phi) is 3.65. The van der Waals surface area contributed by atoms with Crippen LogP contribution in [0.2, 0.25) is 0 Å². The third kappa shape index (κ3) is 2.51. The number of ether oxygens (including phenoxy) is 1. The molecule has 0 aliphatic carbocycles. The van der Waals surface area contributed by atoms with Crippen molar-refractivity contribution in [3.05, 3.63) is 60.7 Å². The van der Waals surface area contributed by atoms with E-state index in [1.807, 2.05) is 54.6 Å². The summed E-state index contributed by atoms with van der Waals surface area (Å²) in [4.78, 5) is 0. The van der Waals surface area contributed by atoms with Gasteiger partial charge in [0.25, 0.3) is 0 Å². The minimum atomic E-state index is -1.47. The average Bonchev–Trinajstić information content (AvgIpc) is 2.54. The third-order valence-electron chi connectivity index (χ3n) is 3.64. The minimum Gasteiger partial charge on any atom is -0.497 e. The highest BCUT2D eigenvalue weighted by molar-refractivity contribution is 6.62. The van der Waals surface area contributed by atoms with Crippen LogP contribution in [-0.4, -0.2) is 24.3 Å². The molecule has 4 heteroatoms. The summed E-state index contributed by atoms with van der Waals surface area (Å²) in [6.45, 7) is 0. The molecular formula is C17H15BO3. The number of hydrogen-bond donors (Lipinski definition) is 2. The molecule has 21 heavy (non-hydrogen) atoms. The van der Waals surface area contributed by atoms with Crippen LogP contribution in [-0.2, 0) is 0 Å². The number of fused-ring (bicyclic) bond motifs is 1. The highest BCUT2D eigenvalue weighted by Gasteiger charge is 2.16. The van der Waals surface area contributed by atoms with Crippen LogP contribution >= 0.6 is 0 Å². The summed E-state index contributed by atoms with van der Waals surface area (Å²) in [5.74, 6) is 0.811. The van der Waals surface area contributed by atoms with Crippen LogP contribution in [0.25, 0.3) is 21.9 Å². The van der Waals surface area contributed by atoms with Gasteiger partial charge >= 0.3 is 7.12 Å². The summed E-state index contributed by atoms with van der Waals surface area (Å²) in [5, 5.41) is 20.8. The number of hydrogen-bond acceptors (Lipinski definition) is 3. The standard InChI is InChI=1S/C17H15BO3/c1-21-13-8-6-12(7-9-13)14-10-11-17(18(19)20)16-5-3-2-4-15(14)16/h2-11,19-20H,1H3. The van der Waals surface area contributed by atoms with Gasteiger partial charge in [0.1, 0.15) is 5.75 Å². The van der Waals surface area contributed by atoms with Crippen LogP contribution in [0, 0.1) is 0 Å². The number of benzene rings is 3. The van der Waals surface area contributed by atoms with Crippen molar-refractivity contribution in [2.24, 2.45) is 0 Å². The Morgan fingerprint density at radius 1 is 0.810 bits per heavy atom. The van der Waals surface area contributed by atoms with Crippen LogP contribution in [0.3, 0.4) is 0 Å². The largest absolute Gasteiger partial charge is 0.497 e. The average molecular weight is 278 g/mol. The van der Waals surface area contributed by atoms with Crippen molar-refractivity contribution in [3.8, 4) is 16.9 Å². The molecule has 0 aromatic heterocycles. The normalized spacial score (nSPS) is 10.6. The first kappa shape index (κ1) is 13.7. The fraction of sp³-hybridized carbons (Fsp3) is 0.0588. The quantitative estimate of drug-likeness (QED) is 0.722. The Morgan fingerprint density at radius 2 is 1.48 bits per heavy atom.